The van der Waals surface area contributed by atoms with E-state index < -0.39 is 0 Å². The van der Waals surface area contributed by atoms with Crippen LogP contribution in [0.3, 0.4) is 0 Å². The summed E-state index contributed by atoms with van der Waals surface area (Å²) < 4.78 is 0. The molecule has 5 aromatic carbocycles. The van der Waals surface area contributed by atoms with Crippen molar-refractivity contribution in [3.05, 3.63) is 124 Å². The first-order valence-corrected chi connectivity index (χ1v) is 22.9. The molecule has 2 heterocycles. The number of unbranched alkanes of at least 4 members (excludes halogenated alkanes) is 2. The van der Waals surface area contributed by atoms with Crippen molar-refractivity contribution in [1.82, 2.24) is 0 Å². The molecule has 0 saturated carbocycles. The van der Waals surface area contributed by atoms with Crippen molar-refractivity contribution in [2.24, 2.45) is 0 Å². The van der Waals surface area contributed by atoms with Gasteiger partial charge in [-0.15, -0.1) is 0 Å². The van der Waals surface area contributed by atoms with E-state index in [1.807, 2.05) is 0 Å². The summed E-state index contributed by atoms with van der Waals surface area (Å²) in [6.45, 7) is 26.9. The zero-order valence-corrected chi connectivity index (χ0v) is 37.6. The fraction of sp³-hybridized carbons (Fsp3) is 0.455. The van der Waals surface area contributed by atoms with Crippen molar-refractivity contribution >= 4 is 57.2 Å². The van der Waals surface area contributed by atoms with Gasteiger partial charge in [0.15, 0.2) is 0 Å². The van der Waals surface area contributed by atoms with E-state index in [4.69, 9.17) is 0 Å². The van der Waals surface area contributed by atoms with Crippen LogP contribution in [0.1, 0.15) is 160 Å². The number of aryl methyl sites for hydroxylation is 3. The van der Waals surface area contributed by atoms with Gasteiger partial charge < -0.3 is 9.80 Å². The van der Waals surface area contributed by atoms with Gasteiger partial charge in [0.25, 0.3) is 6.71 Å². The van der Waals surface area contributed by atoms with Crippen molar-refractivity contribution in [1.29, 1.82) is 0 Å². The van der Waals surface area contributed by atoms with Gasteiger partial charge in [0, 0.05) is 34.1 Å². The molecule has 0 N–H and O–H groups in total. The lowest BCUT2D eigenvalue weighted by Crippen LogP contribution is -2.62. The van der Waals surface area contributed by atoms with Gasteiger partial charge in [-0.2, -0.15) is 0 Å². The molecule has 9 rings (SSSR count). The smallest absolute Gasteiger partial charge is 0.252 e. The molecular formula is C55H67BN2. The molecule has 0 aromatic heterocycles. The summed E-state index contributed by atoms with van der Waals surface area (Å²) in [6, 6.07) is 34.9. The van der Waals surface area contributed by atoms with Gasteiger partial charge in [-0.3, -0.25) is 0 Å². The van der Waals surface area contributed by atoms with Crippen molar-refractivity contribution < 1.29 is 0 Å². The van der Waals surface area contributed by atoms with Crippen LogP contribution in [0.15, 0.2) is 84.9 Å². The summed E-state index contributed by atoms with van der Waals surface area (Å²) in [4.78, 5) is 5.31. The van der Waals surface area contributed by atoms with E-state index in [0.29, 0.717) is 0 Å². The van der Waals surface area contributed by atoms with E-state index in [-0.39, 0.29) is 28.4 Å². The fourth-order valence-electron chi connectivity index (χ4n) is 11.2. The maximum Gasteiger partial charge on any atom is 0.252 e. The molecule has 0 amide bonds. The van der Waals surface area contributed by atoms with E-state index in [1.54, 1.807) is 5.56 Å². The third kappa shape index (κ3) is 6.28. The van der Waals surface area contributed by atoms with Crippen LogP contribution in [0.5, 0.6) is 0 Å². The van der Waals surface area contributed by atoms with Crippen molar-refractivity contribution in [2.45, 2.75) is 162 Å². The van der Waals surface area contributed by atoms with E-state index in [2.05, 4.69) is 171 Å². The Labute approximate surface area is 351 Å². The van der Waals surface area contributed by atoms with Crippen molar-refractivity contribution in [3.63, 3.8) is 0 Å². The third-order valence-corrected chi connectivity index (χ3v) is 15.2. The van der Waals surface area contributed by atoms with Crippen LogP contribution in [-0.4, -0.2) is 6.71 Å². The molecule has 0 saturated heterocycles. The lowest BCUT2D eigenvalue weighted by Gasteiger charge is -2.48. The second-order valence-electron chi connectivity index (χ2n) is 21.3. The fourth-order valence-corrected chi connectivity index (χ4v) is 11.2. The summed E-state index contributed by atoms with van der Waals surface area (Å²) in [5.41, 5.74) is 23.0. The van der Waals surface area contributed by atoms with Crippen LogP contribution in [0.4, 0.5) is 34.1 Å². The number of hydrogen-bond donors (Lipinski definition) is 0. The normalized spacial score (nSPS) is 18.8. The standard InChI is InChI=1S/C55H67BN2/c1-12-14-16-37-18-21-39(22-19-37)57-47-25-20-38(17-15-13-2)32-45(47)56-46-34-43-44(55(10,11)29-28-54(43,8)9)35-48(46)58(50-31-36(3)30-49(57)51(50)56)40-23-24-41-42(33-40)53(6,7)27-26-52(41,4)5/h18-25,30-35H,12-17,26-29H2,1-11H3. The molecule has 0 radical (unpaired) electrons. The van der Waals surface area contributed by atoms with E-state index in [9.17, 15) is 0 Å². The maximum absolute atomic E-state index is 2.70. The van der Waals surface area contributed by atoms with E-state index in [1.165, 1.54) is 135 Å². The minimum Gasteiger partial charge on any atom is -0.311 e. The highest BCUT2D eigenvalue weighted by molar-refractivity contribution is 7.00. The Morgan fingerprint density at radius 1 is 0.466 bits per heavy atom. The molecule has 0 bridgehead atoms. The quantitative estimate of drug-likeness (QED) is 0.142. The second kappa shape index (κ2) is 13.9. The van der Waals surface area contributed by atoms with Crippen molar-refractivity contribution in [2.75, 3.05) is 9.80 Å². The number of benzene rings is 5. The van der Waals surface area contributed by atoms with Gasteiger partial charge in [-0.05, 0) is 184 Å². The molecule has 0 fully saturated rings. The lowest BCUT2D eigenvalue weighted by atomic mass is 9.33. The third-order valence-electron chi connectivity index (χ3n) is 15.2. The minimum atomic E-state index is 0.101. The lowest BCUT2D eigenvalue weighted by molar-refractivity contribution is 0.332. The van der Waals surface area contributed by atoms with Crippen LogP contribution in [0, 0.1) is 6.92 Å². The first-order chi connectivity index (χ1) is 27.5. The Morgan fingerprint density at radius 2 is 0.948 bits per heavy atom. The Kier molecular flexibility index (Phi) is 9.42. The molecule has 5 aromatic rings. The van der Waals surface area contributed by atoms with Gasteiger partial charge in [0.2, 0.25) is 0 Å². The van der Waals surface area contributed by atoms with E-state index in [0.717, 1.165) is 12.8 Å². The molecule has 2 aliphatic heterocycles. The largest absolute Gasteiger partial charge is 0.311 e. The molecule has 2 aliphatic carbocycles. The van der Waals surface area contributed by atoms with Crippen LogP contribution in [0.2, 0.25) is 0 Å². The van der Waals surface area contributed by atoms with Crippen LogP contribution < -0.4 is 26.2 Å². The van der Waals surface area contributed by atoms with Crippen LogP contribution in [-0.2, 0) is 34.5 Å². The highest BCUT2D eigenvalue weighted by Gasteiger charge is 2.47. The van der Waals surface area contributed by atoms with Gasteiger partial charge in [-0.25, -0.2) is 0 Å². The number of fused-ring (bicyclic) bond motifs is 6. The summed E-state index contributed by atoms with van der Waals surface area (Å²) >= 11 is 0. The molecule has 3 heteroatoms. The molecule has 0 spiro atoms. The Balaban J connectivity index is 1.36. The minimum absolute atomic E-state index is 0.101. The molecule has 2 nitrogen and oxygen atoms in total. The number of anilines is 6. The summed E-state index contributed by atoms with van der Waals surface area (Å²) in [7, 11) is 0. The molecule has 4 aliphatic rings. The SMILES string of the molecule is CCCCc1ccc(N2c3ccc(CCCC)cc3B3c4cc5c(cc4N(c4ccc6c(c4)C(C)(C)CCC6(C)C)c4cc(C)cc2c43)C(C)(C)CCC5(C)C)cc1. The van der Waals surface area contributed by atoms with E-state index >= 15 is 0 Å². The molecule has 0 atom stereocenters. The summed E-state index contributed by atoms with van der Waals surface area (Å²) in [5.74, 6) is 0. The molecular weight excluding hydrogens is 699 g/mol. The number of rotatable bonds is 8. The highest BCUT2D eigenvalue weighted by atomic mass is 15.2. The Bertz CT molecular complexity index is 2410. The molecule has 0 unspecified atom stereocenters. The molecule has 58 heavy (non-hydrogen) atoms. The summed E-state index contributed by atoms with van der Waals surface area (Å²) in [5, 5.41) is 0. The van der Waals surface area contributed by atoms with Crippen molar-refractivity contribution in [3.8, 4) is 0 Å². The van der Waals surface area contributed by atoms with Gasteiger partial charge >= 0.3 is 0 Å². The van der Waals surface area contributed by atoms with Gasteiger partial charge in [0.05, 0.1) is 0 Å². The highest BCUT2D eigenvalue weighted by Crippen LogP contribution is 2.52. The van der Waals surface area contributed by atoms with Gasteiger partial charge in [0.1, 0.15) is 0 Å². The predicted molar refractivity (Wildman–Crippen MR) is 253 cm³/mol. The Hall–Kier alpha value is -4.24. The van der Waals surface area contributed by atoms with Crippen LogP contribution in [0.25, 0.3) is 0 Å². The maximum atomic E-state index is 2.70. The second-order valence-corrected chi connectivity index (χ2v) is 21.3. The Morgan fingerprint density at radius 3 is 1.55 bits per heavy atom. The molecule has 300 valence electrons. The monoisotopic (exact) mass is 767 g/mol. The summed E-state index contributed by atoms with van der Waals surface area (Å²) in [6.07, 6.45) is 11.9. The average molecular weight is 767 g/mol. The topological polar surface area (TPSA) is 6.48 Å². The first kappa shape index (κ1) is 39.2. The first-order valence-electron chi connectivity index (χ1n) is 22.9. The van der Waals surface area contributed by atoms with Crippen LogP contribution >= 0.6 is 0 Å². The predicted octanol–water partition coefficient (Wildman–Crippen LogP) is 13.5. The number of hydrogen-bond acceptors (Lipinski definition) is 2. The average Bonchev–Trinajstić information content (AvgIpc) is 3.19. The number of nitrogens with zero attached hydrogens (tertiary/aromatic N) is 2. The zero-order chi connectivity index (χ0) is 40.9. The van der Waals surface area contributed by atoms with Gasteiger partial charge in [-0.1, -0.05) is 118 Å². The zero-order valence-electron chi connectivity index (χ0n) is 37.6.